The Kier molecular flexibility index (Phi) is 6.21. The van der Waals surface area contributed by atoms with Gasteiger partial charge in [-0.1, -0.05) is 47.5 Å². The molecule has 0 bridgehead atoms. The summed E-state index contributed by atoms with van der Waals surface area (Å²) in [5.74, 6) is 3.73. The fourth-order valence-electron chi connectivity index (χ4n) is 8.77. The Hall–Kier alpha value is -0.410. The molecule has 4 aliphatic carbocycles. The highest BCUT2D eigenvalue weighted by atomic mass is 16.3. The minimum absolute atomic E-state index is 0.111. The molecule has 0 radical (unpaired) electrons. The summed E-state index contributed by atoms with van der Waals surface area (Å²) in [5, 5.41) is 21.6. The molecule has 0 heterocycles. The summed E-state index contributed by atoms with van der Waals surface area (Å²) in [7, 11) is 0. The third-order valence-electron chi connectivity index (χ3n) is 11.1. The van der Waals surface area contributed by atoms with Crippen LogP contribution in [0, 0.1) is 52.3 Å². The standard InChI is InChI=1S/C27H46O3/c1-16(2)17(3)25(30)24(29)14-18-9-10-20-19-15-23(28)22-8-6-7-12-27(22,5)21(19)11-13-26(18,20)4/h16-22,24-25,29-30H,6-15H2,1-5H3. The maximum Gasteiger partial charge on any atom is 0.136 e. The molecule has 0 saturated heterocycles. The molecule has 3 heteroatoms. The largest absolute Gasteiger partial charge is 0.390 e. The zero-order chi connectivity index (χ0) is 21.8. The monoisotopic (exact) mass is 418 g/mol. The molecule has 0 amide bonds. The molecule has 10 unspecified atom stereocenters. The number of carbonyl (C=O) groups is 1. The molecule has 10 atom stereocenters. The molecule has 0 aliphatic heterocycles. The summed E-state index contributed by atoms with van der Waals surface area (Å²) < 4.78 is 0. The molecule has 4 rings (SSSR count). The predicted molar refractivity (Wildman–Crippen MR) is 121 cm³/mol. The van der Waals surface area contributed by atoms with E-state index < -0.39 is 12.2 Å². The van der Waals surface area contributed by atoms with Gasteiger partial charge in [0.2, 0.25) is 0 Å². The van der Waals surface area contributed by atoms with E-state index in [1.165, 1.54) is 38.5 Å². The van der Waals surface area contributed by atoms with Crippen molar-refractivity contribution in [1.82, 2.24) is 0 Å². The number of rotatable bonds is 5. The quantitative estimate of drug-likeness (QED) is 0.609. The second kappa shape index (κ2) is 8.18. The fourth-order valence-corrected chi connectivity index (χ4v) is 8.77. The van der Waals surface area contributed by atoms with Crippen LogP contribution >= 0.6 is 0 Å². The Labute approximate surface area is 184 Å². The number of carbonyl (C=O) groups excluding carboxylic acids is 1. The highest BCUT2D eigenvalue weighted by molar-refractivity contribution is 5.83. The molecule has 2 N–H and O–H groups in total. The topological polar surface area (TPSA) is 57.5 Å². The maximum absolute atomic E-state index is 13.2. The lowest BCUT2D eigenvalue weighted by molar-refractivity contribution is -0.154. The third kappa shape index (κ3) is 3.51. The van der Waals surface area contributed by atoms with E-state index in [-0.39, 0.29) is 16.7 Å². The molecule has 4 saturated carbocycles. The first kappa shape index (κ1) is 22.8. The van der Waals surface area contributed by atoms with Gasteiger partial charge in [0.1, 0.15) is 5.78 Å². The van der Waals surface area contributed by atoms with Crippen molar-refractivity contribution in [2.45, 2.75) is 111 Å². The molecule has 0 aromatic heterocycles. The Morgan fingerprint density at radius 1 is 0.933 bits per heavy atom. The van der Waals surface area contributed by atoms with Crippen molar-refractivity contribution in [2.75, 3.05) is 0 Å². The van der Waals surface area contributed by atoms with Crippen molar-refractivity contribution in [3.05, 3.63) is 0 Å². The van der Waals surface area contributed by atoms with E-state index in [0.29, 0.717) is 41.3 Å². The lowest BCUT2D eigenvalue weighted by atomic mass is 9.44. The lowest BCUT2D eigenvalue weighted by Gasteiger charge is -2.59. The van der Waals surface area contributed by atoms with Gasteiger partial charge in [0.15, 0.2) is 0 Å². The highest BCUT2D eigenvalue weighted by Crippen LogP contribution is 2.67. The molecule has 172 valence electrons. The number of aliphatic hydroxyl groups is 2. The smallest absolute Gasteiger partial charge is 0.136 e. The van der Waals surface area contributed by atoms with Crippen LogP contribution < -0.4 is 0 Å². The number of aliphatic hydroxyl groups excluding tert-OH is 2. The van der Waals surface area contributed by atoms with E-state index in [1.54, 1.807) is 0 Å². The summed E-state index contributed by atoms with van der Waals surface area (Å²) in [6.45, 7) is 11.2. The molecule has 4 aliphatic rings. The minimum atomic E-state index is -0.637. The van der Waals surface area contributed by atoms with Crippen molar-refractivity contribution in [1.29, 1.82) is 0 Å². The van der Waals surface area contributed by atoms with Crippen molar-refractivity contribution in [3.8, 4) is 0 Å². The van der Waals surface area contributed by atoms with Crippen LogP contribution in [0.15, 0.2) is 0 Å². The van der Waals surface area contributed by atoms with E-state index in [9.17, 15) is 15.0 Å². The zero-order valence-corrected chi connectivity index (χ0v) is 20.1. The van der Waals surface area contributed by atoms with Crippen LogP contribution in [0.2, 0.25) is 0 Å². The molecule has 0 aromatic rings. The number of ketones is 1. The van der Waals surface area contributed by atoms with Crippen LogP contribution in [0.5, 0.6) is 0 Å². The molecule has 4 fully saturated rings. The Morgan fingerprint density at radius 3 is 2.33 bits per heavy atom. The van der Waals surface area contributed by atoms with Gasteiger partial charge in [0.25, 0.3) is 0 Å². The van der Waals surface area contributed by atoms with E-state index >= 15 is 0 Å². The van der Waals surface area contributed by atoms with E-state index in [1.807, 2.05) is 0 Å². The van der Waals surface area contributed by atoms with Gasteiger partial charge >= 0.3 is 0 Å². The van der Waals surface area contributed by atoms with Gasteiger partial charge in [-0.2, -0.15) is 0 Å². The van der Waals surface area contributed by atoms with Gasteiger partial charge in [-0.15, -0.1) is 0 Å². The van der Waals surface area contributed by atoms with Crippen molar-refractivity contribution in [2.24, 2.45) is 52.3 Å². The first-order valence-electron chi connectivity index (χ1n) is 13.0. The molecule has 0 aromatic carbocycles. The summed E-state index contributed by atoms with van der Waals surface area (Å²) in [5.41, 5.74) is 0.459. The SMILES string of the molecule is CC(C)C(C)C(O)C(O)CC1CCC2C3CC(=O)C4CCCCC4(C)C3CCC12C. The minimum Gasteiger partial charge on any atom is -0.390 e. The van der Waals surface area contributed by atoms with Crippen LogP contribution in [0.3, 0.4) is 0 Å². The summed E-state index contributed by atoms with van der Waals surface area (Å²) in [4.78, 5) is 13.2. The average molecular weight is 419 g/mol. The highest BCUT2D eigenvalue weighted by Gasteiger charge is 2.61. The van der Waals surface area contributed by atoms with Crippen LogP contribution in [-0.2, 0) is 4.79 Å². The van der Waals surface area contributed by atoms with Crippen LogP contribution in [0.1, 0.15) is 98.8 Å². The first-order chi connectivity index (χ1) is 14.1. The second-order valence-corrected chi connectivity index (χ2v) is 12.6. The Bertz CT molecular complexity index is 644. The Morgan fingerprint density at radius 2 is 1.63 bits per heavy atom. The van der Waals surface area contributed by atoms with E-state index in [2.05, 4.69) is 34.6 Å². The summed E-state index contributed by atoms with van der Waals surface area (Å²) in [6, 6.07) is 0. The van der Waals surface area contributed by atoms with Gasteiger partial charge in [0, 0.05) is 12.3 Å². The molecule has 30 heavy (non-hydrogen) atoms. The molecular formula is C27H46O3. The van der Waals surface area contributed by atoms with Crippen LogP contribution in [-0.4, -0.2) is 28.2 Å². The van der Waals surface area contributed by atoms with Crippen molar-refractivity contribution >= 4 is 5.78 Å². The molecule has 0 spiro atoms. The van der Waals surface area contributed by atoms with E-state index in [0.717, 1.165) is 25.7 Å². The van der Waals surface area contributed by atoms with Gasteiger partial charge < -0.3 is 10.2 Å². The van der Waals surface area contributed by atoms with E-state index in [4.69, 9.17) is 0 Å². The number of hydrogen-bond acceptors (Lipinski definition) is 3. The third-order valence-corrected chi connectivity index (χ3v) is 11.1. The molecular weight excluding hydrogens is 372 g/mol. The number of hydrogen-bond donors (Lipinski definition) is 2. The van der Waals surface area contributed by atoms with Crippen molar-refractivity contribution < 1.29 is 15.0 Å². The number of fused-ring (bicyclic) bond motifs is 5. The van der Waals surface area contributed by atoms with Gasteiger partial charge in [-0.25, -0.2) is 0 Å². The Balaban J connectivity index is 1.50. The van der Waals surface area contributed by atoms with Crippen LogP contribution in [0.4, 0.5) is 0 Å². The first-order valence-corrected chi connectivity index (χ1v) is 13.0. The second-order valence-electron chi connectivity index (χ2n) is 12.6. The van der Waals surface area contributed by atoms with Gasteiger partial charge in [0.05, 0.1) is 12.2 Å². The lowest BCUT2D eigenvalue weighted by Crippen LogP contribution is -2.55. The molecule has 3 nitrogen and oxygen atoms in total. The predicted octanol–water partition coefficient (Wildman–Crippen LogP) is 5.62. The maximum atomic E-state index is 13.2. The average Bonchev–Trinajstić information content (AvgIpc) is 3.03. The van der Waals surface area contributed by atoms with Crippen molar-refractivity contribution in [3.63, 3.8) is 0 Å². The van der Waals surface area contributed by atoms with Crippen LogP contribution in [0.25, 0.3) is 0 Å². The van der Waals surface area contributed by atoms with Gasteiger partial charge in [-0.05, 0) is 91.3 Å². The summed E-state index contributed by atoms with van der Waals surface area (Å²) >= 11 is 0. The zero-order valence-electron chi connectivity index (χ0n) is 20.1. The number of Topliss-reactive ketones (excluding diaryl/α,β-unsaturated/α-hetero) is 1. The summed E-state index contributed by atoms with van der Waals surface area (Å²) in [6.07, 6.45) is 10.0. The normalized spacial score (nSPS) is 46.7. The fraction of sp³-hybridized carbons (Fsp3) is 0.963. The van der Waals surface area contributed by atoms with Gasteiger partial charge in [-0.3, -0.25) is 4.79 Å².